The number of hydrogen-bond acceptors (Lipinski definition) is 8. The summed E-state index contributed by atoms with van der Waals surface area (Å²) in [5.74, 6) is 0. The van der Waals surface area contributed by atoms with Gasteiger partial charge in [0, 0.05) is 42.8 Å². The second-order valence-corrected chi connectivity index (χ2v) is 12.7. The number of rotatable bonds is 11. The van der Waals surface area contributed by atoms with Gasteiger partial charge in [-0.3, -0.25) is 0 Å². The van der Waals surface area contributed by atoms with Gasteiger partial charge in [0.1, 0.15) is 24.3 Å². The van der Waals surface area contributed by atoms with Crippen LogP contribution in [0.4, 0.5) is 5.69 Å². The Kier molecular flexibility index (Phi) is 10.3. The van der Waals surface area contributed by atoms with E-state index in [1.54, 1.807) is 26.1 Å². The first kappa shape index (κ1) is 32.7. The molecule has 232 valence electrons. The number of ether oxygens (including phenoxy) is 1. The number of anilines is 1. The van der Waals surface area contributed by atoms with Crippen molar-refractivity contribution in [3.05, 3.63) is 59.1 Å². The molecule has 4 rings (SSSR count). The Balaban J connectivity index is 1.64. The molecule has 1 unspecified atom stereocenters. The second-order valence-electron chi connectivity index (χ2n) is 11.1. The summed E-state index contributed by atoms with van der Waals surface area (Å²) in [5, 5.41) is 43.2. The van der Waals surface area contributed by atoms with Crippen LogP contribution in [0.25, 0.3) is 27.6 Å². The predicted octanol–water partition coefficient (Wildman–Crippen LogP) is 3.86. The van der Waals surface area contributed by atoms with Crippen LogP contribution in [0, 0.1) is 11.3 Å². The molecule has 3 aromatic rings. The van der Waals surface area contributed by atoms with Crippen LogP contribution in [-0.4, -0.2) is 72.0 Å². The van der Waals surface area contributed by atoms with E-state index in [2.05, 4.69) is 53.8 Å². The largest absolute Gasteiger partial charge is 0.388 e. The first-order valence-corrected chi connectivity index (χ1v) is 16.2. The number of hydrogen-bond donors (Lipinski definition) is 4. The van der Waals surface area contributed by atoms with Gasteiger partial charge in [-0.25, -0.2) is 8.42 Å². The highest BCUT2D eigenvalue weighted by Gasteiger charge is 2.45. The van der Waals surface area contributed by atoms with Gasteiger partial charge in [-0.15, -0.1) is 0 Å². The highest BCUT2D eigenvalue weighted by atomic mass is 32.2. The molecule has 1 aliphatic heterocycles. The van der Waals surface area contributed by atoms with Crippen molar-refractivity contribution in [3.8, 4) is 17.3 Å². The number of nitrogens with zero attached hydrogens (tertiary/aromatic N) is 3. The standard InChI is InChI=1S/C32H42N4O6S/c1-6-15-36(16-7-2)24-12-11-21-17-23(10-9-22(21)18-24)26-14-13-25(35(26)5)20(4)28(19-33)43(40,41)34-29-31(38)30(37)27(8-3)42-32(29)39/h9-14,17-18,27,29-32,34,37-39H,6-8,15-16H2,1-5H3/b28-20+/t27-,29-,30-,31-,32?/m1/s1. The predicted molar refractivity (Wildman–Crippen MR) is 168 cm³/mol. The first-order chi connectivity index (χ1) is 20.5. The SMILES string of the molecule is CCCN(CCC)c1ccc2cc(-c3ccc(/C(C)=C(\C#N)S(=O)(=O)N[C@H]4C(O)O[C@H](CC)[C@@H](O)[C@@H]4O)n3C)ccc2c1. The highest BCUT2D eigenvalue weighted by molar-refractivity contribution is 7.93. The number of fused-ring (bicyclic) bond motifs is 1. The van der Waals surface area contributed by atoms with Crippen LogP contribution < -0.4 is 9.62 Å². The van der Waals surface area contributed by atoms with E-state index in [0.29, 0.717) is 12.1 Å². The maximum atomic E-state index is 13.3. The van der Waals surface area contributed by atoms with Crippen LogP contribution in [0.3, 0.4) is 0 Å². The topological polar surface area (TPSA) is 148 Å². The number of sulfonamides is 1. The quantitative estimate of drug-likeness (QED) is 0.239. The van der Waals surface area contributed by atoms with Crippen LogP contribution in [0.15, 0.2) is 53.4 Å². The van der Waals surface area contributed by atoms with Crippen molar-refractivity contribution in [1.29, 1.82) is 5.26 Å². The Labute approximate surface area is 253 Å². The average Bonchev–Trinajstić information content (AvgIpc) is 3.37. The van der Waals surface area contributed by atoms with E-state index >= 15 is 0 Å². The summed E-state index contributed by atoms with van der Waals surface area (Å²) in [4.78, 5) is 1.83. The minimum Gasteiger partial charge on any atom is -0.388 e. The van der Waals surface area contributed by atoms with Gasteiger partial charge in [-0.1, -0.05) is 39.0 Å². The minimum absolute atomic E-state index is 0.189. The molecule has 0 radical (unpaired) electrons. The van der Waals surface area contributed by atoms with E-state index < -0.39 is 45.6 Å². The first-order valence-electron chi connectivity index (χ1n) is 14.8. The van der Waals surface area contributed by atoms with Gasteiger partial charge in [0.2, 0.25) is 0 Å². The van der Waals surface area contributed by atoms with E-state index in [4.69, 9.17) is 4.74 Å². The van der Waals surface area contributed by atoms with E-state index in [9.17, 15) is 29.0 Å². The lowest BCUT2D eigenvalue weighted by molar-refractivity contribution is -0.244. The Morgan fingerprint density at radius 3 is 2.28 bits per heavy atom. The molecule has 43 heavy (non-hydrogen) atoms. The van der Waals surface area contributed by atoms with Crippen molar-refractivity contribution in [1.82, 2.24) is 9.29 Å². The molecule has 0 spiro atoms. The monoisotopic (exact) mass is 610 g/mol. The average molecular weight is 611 g/mol. The molecule has 0 saturated carbocycles. The molecule has 10 nitrogen and oxygen atoms in total. The highest BCUT2D eigenvalue weighted by Crippen LogP contribution is 2.32. The fourth-order valence-electron chi connectivity index (χ4n) is 5.79. The number of nitrogens with one attached hydrogen (secondary N) is 1. The van der Waals surface area contributed by atoms with Gasteiger partial charge in [-0.05, 0) is 72.9 Å². The zero-order valence-corrected chi connectivity index (χ0v) is 26.2. The maximum Gasteiger partial charge on any atom is 0.251 e. The summed E-state index contributed by atoms with van der Waals surface area (Å²) in [5.41, 5.74) is 3.67. The van der Waals surface area contributed by atoms with Crippen LogP contribution in [-0.2, 0) is 21.8 Å². The van der Waals surface area contributed by atoms with Crippen molar-refractivity contribution >= 4 is 32.1 Å². The van der Waals surface area contributed by atoms with Crippen LogP contribution in [0.2, 0.25) is 0 Å². The summed E-state index contributed by atoms with van der Waals surface area (Å²) in [6.07, 6.45) is -3.13. The Morgan fingerprint density at radius 1 is 1.00 bits per heavy atom. The summed E-state index contributed by atoms with van der Waals surface area (Å²) >= 11 is 0. The lowest BCUT2D eigenvalue weighted by Gasteiger charge is -2.40. The molecular weight excluding hydrogens is 568 g/mol. The molecule has 4 N–H and O–H groups in total. The molecule has 0 aliphatic carbocycles. The van der Waals surface area contributed by atoms with Crippen molar-refractivity contribution in [2.45, 2.75) is 77.6 Å². The van der Waals surface area contributed by atoms with Crippen LogP contribution >= 0.6 is 0 Å². The molecular formula is C32H42N4O6S. The van der Waals surface area contributed by atoms with Gasteiger partial charge in [0.15, 0.2) is 11.2 Å². The molecule has 0 amide bonds. The number of aliphatic hydroxyl groups excluding tert-OH is 3. The lowest BCUT2D eigenvalue weighted by atomic mass is 9.96. The van der Waals surface area contributed by atoms with Gasteiger partial charge in [0.25, 0.3) is 10.0 Å². The molecule has 0 bridgehead atoms. The molecule has 11 heteroatoms. The van der Waals surface area contributed by atoms with E-state index in [1.165, 1.54) is 12.6 Å². The van der Waals surface area contributed by atoms with E-state index in [-0.39, 0.29) is 5.57 Å². The minimum atomic E-state index is -4.51. The van der Waals surface area contributed by atoms with Gasteiger partial charge in [-0.2, -0.15) is 9.98 Å². The third kappa shape index (κ3) is 6.65. The summed E-state index contributed by atoms with van der Waals surface area (Å²) in [7, 11) is -2.71. The normalized spacial score (nSPS) is 23.2. The lowest BCUT2D eigenvalue weighted by Crippen LogP contribution is -2.63. The zero-order chi connectivity index (χ0) is 31.5. The number of nitriles is 1. The summed E-state index contributed by atoms with van der Waals surface area (Å²) in [6, 6.07) is 16.5. The summed E-state index contributed by atoms with van der Waals surface area (Å²) in [6.45, 7) is 9.60. The number of aromatic nitrogens is 1. The van der Waals surface area contributed by atoms with Gasteiger partial charge >= 0.3 is 0 Å². The molecule has 1 fully saturated rings. The molecule has 2 heterocycles. The third-order valence-corrected chi connectivity index (χ3v) is 9.62. The van der Waals surface area contributed by atoms with Crippen LogP contribution in [0.1, 0.15) is 52.7 Å². The van der Waals surface area contributed by atoms with E-state index in [0.717, 1.165) is 48.0 Å². The number of aliphatic hydroxyl groups is 3. The fourth-order valence-corrected chi connectivity index (χ4v) is 7.15. The molecule has 1 aliphatic rings. The molecule has 5 atom stereocenters. The van der Waals surface area contributed by atoms with Crippen molar-refractivity contribution in [2.24, 2.45) is 7.05 Å². The van der Waals surface area contributed by atoms with E-state index in [1.807, 2.05) is 16.7 Å². The zero-order valence-electron chi connectivity index (χ0n) is 25.4. The number of benzene rings is 2. The Bertz CT molecular complexity index is 1620. The maximum absolute atomic E-state index is 13.3. The van der Waals surface area contributed by atoms with Crippen LogP contribution in [0.5, 0.6) is 0 Å². The smallest absolute Gasteiger partial charge is 0.251 e. The molecule has 2 aromatic carbocycles. The van der Waals surface area contributed by atoms with Crippen molar-refractivity contribution < 1.29 is 28.5 Å². The second kappa shape index (κ2) is 13.6. The fraction of sp³-hybridized carbons (Fsp3) is 0.469. The third-order valence-electron chi connectivity index (χ3n) is 8.10. The Morgan fingerprint density at radius 2 is 1.65 bits per heavy atom. The molecule has 1 aromatic heterocycles. The summed E-state index contributed by atoms with van der Waals surface area (Å²) < 4.78 is 35.9. The number of allylic oxidation sites excluding steroid dienone is 2. The Hall–Kier alpha value is -3.24. The van der Waals surface area contributed by atoms with Crippen molar-refractivity contribution in [2.75, 3.05) is 18.0 Å². The van der Waals surface area contributed by atoms with Crippen molar-refractivity contribution in [3.63, 3.8) is 0 Å². The molecule has 1 saturated heterocycles. The van der Waals surface area contributed by atoms with Gasteiger partial charge < -0.3 is 29.5 Å². The van der Waals surface area contributed by atoms with Gasteiger partial charge in [0.05, 0.1) is 6.10 Å².